The van der Waals surface area contributed by atoms with Crippen LogP contribution in [-0.4, -0.2) is 111 Å². The van der Waals surface area contributed by atoms with Crippen LogP contribution in [0.15, 0.2) is 0 Å². The highest BCUT2D eigenvalue weighted by Gasteiger charge is 2.46. The quantitative estimate of drug-likeness (QED) is 0.281. The molecule has 3 aliphatic rings. The largest absolute Gasteiger partial charge is 0.452 e. The van der Waals surface area contributed by atoms with Gasteiger partial charge in [0.15, 0.2) is 13.2 Å². The Morgan fingerprint density at radius 2 is 1.18 bits per heavy atom. The number of rotatable bonds is 4. The maximum Gasteiger partial charge on any atom is 0.418 e. The molecule has 3 saturated heterocycles. The SMILES string of the molecule is COCC1CCC2C(=O)OCC(=O)OC(=O)C3CCC(COC)N3C(=O)OC(=O)COC(=O)N12. The number of hydrogen-bond acceptors (Lipinski definition) is 12. The van der Waals surface area contributed by atoms with Gasteiger partial charge in [-0.15, -0.1) is 0 Å². The molecule has 4 atom stereocenters. The zero-order valence-electron chi connectivity index (χ0n) is 18.8. The zero-order chi connectivity index (χ0) is 24.8. The van der Waals surface area contributed by atoms with Crippen LogP contribution in [0, 0.1) is 0 Å². The Hall–Kier alpha value is -3.26. The van der Waals surface area contributed by atoms with Crippen LogP contribution in [0.1, 0.15) is 25.7 Å². The molecule has 0 bridgehead atoms. The van der Waals surface area contributed by atoms with E-state index in [1.807, 2.05) is 0 Å². The second-order valence-electron chi connectivity index (χ2n) is 7.91. The first-order chi connectivity index (χ1) is 16.3. The number of hydrogen-bond donors (Lipinski definition) is 0. The maximum atomic E-state index is 12.7. The lowest BCUT2D eigenvalue weighted by Gasteiger charge is -2.29. The van der Waals surface area contributed by atoms with E-state index in [4.69, 9.17) is 28.4 Å². The summed E-state index contributed by atoms with van der Waals surface area (Å²) in [6.07, 6.45) is -1.21. The Bertz CT molecular complexity index is 845. The summed E-state index contributed by atoms with van der Waals surface area (Å²) < 4.78 is 29.5. The Morgan fingerprint density at radius 3 is 1.76 bits per heavy atom. The van der Waals surface area contributed by atoms with Gasteiger partial charge in [0.2, 0.25) is 0 Å². The highest BCUT2D eigenvalue weighted by molar-refractivity contribution is 5.94. The molecule has 0 aliphatic carbocycles. The standard InChI is InChI=1S/C20H26N2O12/c1-29-7-11-3-5-13-17(25)31-9-15(23)33-18(26)14-6-4-12(8-30-2)22(14)20(28)34-16(24)10-32-19(27)21(11)13/h11-14H,3-10H2,1-2H3. The predicted molar refractivity (Wildman–Crippen MR) is 106 cm³/mol. The van der Waals surface area contributed by atoms with Crippen molar-refractivity contribution in [2.24, 2.45) is 0 Å². The normalized spacial score (nSPS) is 29.2. The fourth-order valence-electron chi connectivity index (χ4n) is 4.30. The minimum Gasteiger partial charge on any atom is -0.452 e. The van der Waals surface area contributed by atoms with Gasteiger partial charge in [-0.1, -0.05) is 0 Å². The monoisotopic (exact) mass is 486 g/mol. The molecule has 14 heteroatoms. The molecule has 0 aromatic heterocycles. The minimum absolute atomic E-state index is 0.0326. The summed E-state index contributed by atoms with van der Waals surface area (Å²) in [6.45, 7) is -1.69. The van der Waals surface area contributed by atoms with Gasteiger partial charge in [0.25, 0.3) is 0 Å². The Labute approximate surface area is 194 Å². The molecule has 14 nitrogen and oxygen atoms in total. The van der Waals surface area contributed by atoms with Gasteiger partial charge in [-0.2, -0.15) is 0 Å². The van der Waals surface area contributed by atoms with Gasteiger partial charge in [-0.3, -0.25) is 9.80 Å². The van der Waals surface area contributed by atoms with Crippen molar-refractivity contribution >= 4 is 36.1 Å². The van der Waals surface area contributed by atoms with Crippen LogP contribution < -0.4 is 0 Å². The molecule has 4 unspecified atom stereocenters. The first-order valence-corrected chi connectivity index (χ1v) is 10.6. The van der Waals surface area contributed by atoms with E-state index in [2.05, 4.69) is 0 Å². The molecule has 0 aromatic carbocycles. The maximum absolute atomic E-state index is 12.7. The summed E-state index contributed by atoms with van der Waals surface area (Å²) in [5, 5.41) is 0. The van der Waals surface area contributed by atoms with Crippen LogP contribution in [0.5, 0.6) is 0 Å². The third-order valence-corrected chi connectivity index (χ3v) is 5.75. The van der Waals surface area contributed by atoms with Crippen LogP contribution in [0.25, 0.3) is 0 Å². The van der Waals surface area contributed by atoms with Crippen molar-refractivity contribution in [1.82, 2.24) is 9.80 Å². The summed E-state index contributed by atoms with van der Waals surface area (Å²) in [5.74, 6) is -4.33. The van der Waals surface area contributed by atoms with Gasteiger partial charge < -0.3 is 28.4 Å². The highest BCUT2D eigenvalue weighted by atomic mass is 16.6. The molecule has 3 fully saturated rings. The predicted octanol–water partition coefficient (Wildman–Crippen LogP) is -0.628. The molecule has 0 radical (unpaired) electrons. The van der Waals surface area contributed by atoms with E-state index in [1.54, 1.807) is 0 Å². The lowest BCUT2D eigenvalue weighted by atomic mass is 10.2. The number of methoxy groups -OCH3 is 2. The number of carbonyl (C=O) groups excluding carboxylic acids is 6. The van der Waals surface area contributed by atoms with Crippen LogP contribution in [0.3, 0.4) is 0 Å². The fraction of sp³-hybridized carbons (Fsp3) is 0.700. The van der Waals surface area contributed by atoms with Crippen molar-refractivity contribution < 1.29 is 57.2 Å². The molecule has 188 valence electrons. The lowest BCUT2D eigenvalue weighted by Crippen LogP contribution is -2.50. The molecule has 2 amide bonds. The summed E-state index contributed by atoms with van der Waals surface area (Å²) in [6, 6.07) is -3.52. The molecule has 3 heterocycles. The number of amides is 2. The van der Waals surface area contributed by atoms with Crippen molar-refractivity contribution in [2.75, 3.05) is 40.6 Å². The van der Waals surface area contributed by atoms with E-state index in [0.717, 1.165) is 9.80 Å². The van der Waals surface area contributed by atoms with Gasteiger partial charge >= 0.3 is 36.1 Å². The third kappa shape index (κ3) is 5.62. The van der Waals surface area contributed by atoms with Crippen molar-refractivity contribution in [2.45, 2.75) is 49.9 Å². The van der Waals surface area contributed by atoms with Crippen molar-refractivity contribution in [3.8, 4) is 0 Å². The Morgan fingerprint density at radius 1 is 0.676 bits per heavy atom. The minimum atomic E-state index is -1.23. The number of esters is 4. The fourth-order valence-corrected chi connectivity index (χ4v) is 4.30. The van der Waals surface area contributed by atoms with Gasteiger partial charge in [-0.25, -0.2) is 28.8 Å². The van der Waals surface area contributed by atoms with E-state index < -0.39 is 73.4 Å². The first-order valence-electron chi connectivity index (χ1n) is 10.6. The molecule has 0 N–H and O–H groups in total. The number of nitrogens with zero attached hydrogens (tertiary/aromatic N) is 2. The van der Waals surface area contributed by atoms with Gasteiger partial charge in [0.1, 0.15) is 12.1 Å². The Balaban J connectivity index is 1.82. The summed E-state index contributed by atoms with van der Waals surface area (Å²) in [4.78, 5) is 76.7. The molecule has 34 heavy (non-hydrogen) atoms. The molecule has 3 rings (SSSR count). The molecule has 0 spiro atoms. The number of cyclic esters (lactones) is 6. The van der Waals surface area contributed by atoms with Crippen molar-refractivity contribution in [3.63, 3.8) is 0 Å². The van der Waals surface area contributed by atoms with E-state index >= 15 is 0 Å². The Kier molecular flexibility index (Phi) is 8.39. The van der Waals surface area contributed by atoms with Crippen LogP contribution >= 0.6 is 0 Å². The van der Waals surface area contributed by atoms with Crippen LogP contribution in [0.2, 0.25) is 0 Å². The smallest absolute Gasteiger partial charge is 0.418 e. The molecule has 0 saturated carbocycles. The van der Waals surface area contributed by atoms with Crippen molar-refractivity contribution in [1.29, 1.82) is 0 Å². The van der Waals surface area contributed by atoms with E-state index in [0.29, 0.717) is 12.8 Å². The van der Waals surface area contributed by atoms with Gasteiger partial charge in [0, 0.05) is 14.2 Å². The van der Waals surface area contributed by atoms with Gasteiger partial charge in [-0.05, 0) is 25.7 Å². The average Bonchev–Trinajstić information content (AvgIpc) is 3.40. The van der Waals surface area contributed by atoms with Crippen molar-refractivity contribution in [3.05, 3.63) is 0 Å². The summed E-state index contributed by atoms with van der Waals surface area (Å²) in [5.41, 5.74) is 0. The number of fused-ring (bicyclic) bond motifs is 2. The van der Waals surface area contributed by atoms with E-state index in [-0.39, 0.29) is 26.1 Å². The second-order valence-corrected chi connectivity index (χ2v) is 7.91. The average molecular weight is 486 g/mol. The topological polar surface area (TPSA) is 164 Å². The lowest BCUT2D eigenvalue weighted by molar-refractivity contribution is -0.171. The zero-order valence-corrected chi connectivity index (χ0v) is 18.8. The molecule has 0 aromatic rings. The van der Waals surface area contributed by atoms with Crippen LogP contribution in [0.4, 0.5) is 9.59 Å². The molecular weight excluding hydrogens is 460 g/mol. The second kappa shape index (κ2) is 11.2. The number of carbonyl (C=O) groups is 6. The van der Waals surface area contributed by atoms with E-state index in [1.165, 1.54) is 14.2 Å². The summed E-state index contributed by atoms with van der Waals surface area (Å²) in [7, 11) is 2.80. The number of ether oxygens (including phenoxy) is 6. The van der Waals surface area contributed by atoms with E-state index in [9.17, 15) is 28.8 Å². The molecular formula is C20H26N2O12. The molecule has 3 aliphatic heterocycles. The first kappa shape index (κ1) is 25.4. The third-order valence-electron chi connectivity index (χ3n) is 5.75. The summed E-state index contributed by atoms with van der Waals surface area (Å²) >= 11 is 0. The highest BCUT2D eigenvalue weighted by Crippen LogP contribution is 2.28. The van der Waals surface area contributed by atoms with Gasteiger partial charge in [0.05, 0.1) is 25.3 Å². The van der Waals surface area contributed by atoms with Crippen LogP contribution in [-0.2, 0) is 47.6 Å².